The van der Waals surface area contributed by atoms with Crippen LogP contribution in [-0.2, 0) is 16.1 Å². The van der Waals surface area contributed by atoms with E-state index in [1.54, 1.807) is 29.6 Å². The number of rotatable bonds is 8. The van der Waals surface area contributed by atoms with Crippen LogP contribution in [0.3, 0.4) is 0 Å². The lowest BCUT2D eigenvalue weighted by Crippen LogP contribution is -2.32. The zero-order valence-electron chi connectivity index (χ0n) is 15.5. The number of amides is 1. The fourth-order valence-electron chi connectivity index (χ4n) is 3.35. The Morgan fingerprint density at radius 3 is 2.90 bits per heavy atom. The summed E-state index contributed by atoms with van der Waals surface area (Å²) in [6.45, 7) is 1.09. The monoisotopic (exact) mass is 409 g/mol. The highest BCUT2D eigenvalue weighted by Crippen LogP contribution is 2.39. The van der Waals surface area contributed by atoms with Crippen LogP contribution in [0.4, 0.5) is 0 Å². The van der Waals surface area contributed by atoms with Gasteiger partial charge in [0.05, 0.1) is 24.2 Å². The fourth-order valence-corrected chi connectivity index (χ4v) is 4.20. The van der Waals surface area contributed by atoms with Crippen LogP contribution in [0.25, 0.3) is 6.08 Å². The van der Waals surface area contributed by atoms with Crippen LogP contribution in [0.5, 0.6) is 0 Å². The summed E-state index contributed by atoms with van der Waals surface area (Å²) in [4.78, 5) is 32.0. The van der Waals surface area contributed by atoms with Gasteiger partial charge in [-0.3, -0.25) is 9.59 Å². The summed E-state index contributed by atoms with van der Waals surface area (Å²) in [5, 5.41) is 12.4. The van der Waals surface area contributed by atoms with Crippen molar-refractivity contribution in [2.24, 2.45) is 0 Å². The highest BCUT2D eigenvalue weighted by atomic mass is 32.1. The Kier molecular flexibility index (Phi) is 5.44. The summed E-state index contributed by atoms with van der Waals surface area (Å²) < 4.78 is 7.13. The largest absolute Gasteiger partial charge is 0.503 e. The van der Waals surface area contributed by atoms with Gasteiger partial charge in [-0.1, -0.05) is 6.07 Å². The van der Waals surface area contributed by atoms with E-state index in [9.17, 15) is 14.7 Å². The second-order valence-electron chi connectivity index (χ2n) is 6.55. The maximum absolute atomic E-state index is 12.9. The number of thiophene rings is 1. The number of ketones is 1. The zero-order chi connectivity index (χ0) is 20.2. The molecule has 1 amide bonds. The molecule has 0 radical (unpaired) electrons. The molecule has 1 atom stereocenters. The van der Waals surface area contributed by atoms with E-state index in [4.69, 9.17) is 4.42 Å². The van der Waals surface area contributed by atoms with Crippen molar-refractivity contribution < 1.29 is 19.1 Å². The predicted octanol–water partition coefficient (Wildman–Crippen LogP) is 3.61. The van der Waals surface area contributed by atoms with E-state index in [0.29, 0.717) is 25.3 Å². The number of furan rings is 1. The van der Waals surface area contributed by atoms with Crippen molar-refractivity contribution in [3.63, 3.8) is 0 Å². The third-order valence-electron chi connectivity index (χ3n) is 4.70. The quantitative estimate of drug-likeness (QED) is 0.574. The SMILES string of the molecule is O=C(/C=C/c1ccco1)C1=C(O)C(=O)N(CCCn2ccnc2)[C@H]1c1cccs1. The van der Waals surface area contributed by atoms with Crippen molar-refractivity contribution in [3.8, 4) is 0 Å². The maximum atomic E-state index is 12.9. The highest BCUT2D eigenvalue weighted by Gasteiger charge is 2.43. The molecule has 0 aliphatic carbocycles. The second-order valence-corrected chi connectivity index (χ2v) is 7.53. The third kappa shape index (κ3) is 3.93. The number of carbonyl (C=O) groups excluding carboxylic acids is 2. The number of allylic oxidation sites excluding steroid dienone is 1. The first-order valence-electron chi connectivity index (χ1n) is 9.14. The number of hydrogen-bond acceptors (Lipinski definition) is 6. The average molecular weight is 409 g/mol. The molecule has 0 saturated heterocycles. The Labute approximate surface area is 171 Å². The standard InChI is InChI=1S/C21H19N3O4S/c25-16(7-6-15-4-1-12-28-15)18-19(17-5-2-13-29-17)24(21(27)20(18)26)10-3-9-23-11-8-22-14-23/h1-2,4-8,11-14,19,26H,3,9-10H2/b7-6+/t19-/m0/s1. The normalized spacial score (nSPS) is 17.0. The zero-order valence-corrected chi connectivity index (χ0v) is 16.3. The van der Waals surface area contributed by atoms with E-state index in [2.05, 4.69) is 4.98 Å². The molecule has 1 aliphatic heterocycles. The lowest BCUT2D eigenvalue weighted by atomic mass is 10.0. The number of carbonyl (C=O) groups is 2. The van der Waals surface area contributed by atoms with Gasteiger partial charge in [0.2, 0.25) is 0 Å². The molecule has 4 heterocycles. The van der Waals surface area contributed by atoms with Gasteiger partial charge in [0.25, 0.3) is 5.91 Å². The minimum Gasteiger partial charge on any atom is -0.503 e. The summed E-state index contributed by atoms with van der Waals surface area (Å²) >= 11 is 1.45. The molecule has 0 unspecified atom stereocenters. The van der Waals surface area contributed by atoms with Crippen LogP contribution in [0.1, 0.15) is 23.1 Å². The minimum atomic E-state index is -0.598. The smallest absolute Gasteiger partial charge is 0.290 e. The summed E-state index contributed by atoms with van der Waals surface area (Å²) in [7, 11) is 0. The van der Waals surface area contributed by atoms with E-state index in [-0.39, 0.29) is 5.57 Å². The van der Waals surface area contributed by atoms with Gasteiger partial charge in [-0.15, -0.1) is 11.3 Å². The van der Waals surface area contributed by atoms with Gasteiger partial charge in [-0.25, -0.2) is 4.98 Å². The second kappa shape index (κ2) is 8.32. The van der Waals surface area contributed by atoms with Crippen molar-refractivity contribution in [2.45, 2.75) is 19.0 Å². The molecule has 29 heavy (non-hydrogen) atoms. The van der Waals surface area contributed by atoms with Crippen molar-refractivity contribution in [1.82, 2.24) is 14.5 Å². The molecular weight excluding hydrogens is 390 g/mol. The average Bonchev–Trinajstić information content (AvgIpc) is 3.51. The number of imidazole rings is 1. The molecule has 3 aromatic heterocycles. The summed E-state index contributed by atoms with van der Waals surface area (Å²) in [5.74, 6) is -0.903. The molecule has 8 heteroatoms. The molecule has 1 aliphatic rings. The Balaban J connectivity index is 1.57. The molecule has 4 rings (SSSR count). The molecule has 7 nitrogen and oxygen atoms in total. The summed E-state index contributed by atoms with van der Waals surface area (Å²) in [6.07, 6.45) is 10.3. The lowest BCUT2D eigenvalue weighted by Gasteiger charge is -2.25. The van der Waals surface area contributed by atoms with Crippen LogP contribution in [-0.4, -0.2) is 37.8 Å². The van der Waals surface area contributed by atoms with E-state index >= 15 is 0 Å². The van der Waals surface area contributed by atoms with Crippen molar-refractivity contribution in [3.05, 3.63) is 82.7 Å². The molecule has 0 saturated carbocycles. The molecule has 0 aromatic carbocycles. The Bertz CT molecular complexity index is 1030. The third-order valence-corrected chi connectivity index (χ3v) is 5.62. The first-order chi connectivity index (χ1) is 14.1. The van der Waals surface area contributed by atoms with Gasteiger partial charge in [0, 0.05) is 30.4 Å². The highest BCUT2D eigenvalue weighted by molar-refractivity contribution is 7.10. The maximum Gasteiger partial charge on any atom is 0.290 e. The first-order valence-corrected chi connectivity index (χ1v) is 10.0. The first kappa shape index (κ1) is 18.9. The van der Waals surface area contributed by atoms with Crippen LogP contribution >= 0.6 is 11.3 Å². The van der Waals surface area contributed by atoms with Gasteiger partial charge < -0.3 is 19.0 Å². The van der Waals surface area contributed by atoms with Crippen molar-refractivity contribution in [1.29, 1.82) is 0 Å². The number of nitrogens with zero attached hydrogens (tertiary/aromatic N) is 3. The number of aromatic nitrogens is 2. The van der Waals surface area contributed by atoms with E-state index < -0.39 is 23.5 Å². The summed E-state index contributed by atoms with van der Waals surface area (Å²) in [5.41, 5.74) is 0.0999. The molecule has 0 spiro atoms. The predicted molar refractivity (Wildman–Crippen MR) is 108 cm³/mol. The molecule has 0 fully saturated rings. The van der Waals surface area contributed by atoms with Crippen LogP contribution in [0, 0.1) is 0 Å². The molecule has 3 aromatic rings. The van der Waals surface area contributed by atoms with Crippen molar-refractivity contribution >= 4 is 29.1 Å². The van der Waals surface area contributed by atoms with Gasteiger partial charge in [-0.05, 0) is 42.2 Å². The molecule has 148 valence electrons. The lowest BCUT2D eigenvalue weighted by molar-refractivity contribution is -0.129. The molecule has 0 bridgehead atoms. The molecule has 1 N–H and O–H groups in total. The van der Waals surface area contributed by atoms with Gasteiger partial charge >= 0.3 is 0 Å². The van der Waals surface area contributed by atoms with Gasteiger partial charge in [-0.2, -0.15) is 0 Å². The van der Waals surface area contributed by atoms with E-state index in [1.165, 1.54) is 29.8 Å². The number of aliphatic hydroxyl groups is 1. The number of aryl methyl sites for hydroxylation is 1. The Morgan fingerprint density at radius 2 is 2.21 bits per heavy atom. The topological polar surface area (TPSA) is 88.6 Å². The minimum absolute atomic E-state index is 0.0999. The number of aliphatic hydroxyl groups excluding tert-OH is 1. The molecular formula is C21H19N3O4S. The summed E-state index contributed by atoms with van der Waals surface area (Å²) in [6, 6.07) is 6.57. The fraction of sp³-hybridized carbons (Fsp3) is 0.190. The Hall–Kier alpha value is -3.39. The van der Waals surface area contributed by atoms with Crippen LogP contribution < -0.4 is 0 Å². The van der Waals surface area contributed by atoms with Gasteiger partial charge in [0.1, 0.15) is 5.76 Å². The van der Waals surface area contributed by atoms with Crippen LogP contribution in [0.2, 0.25) is 0 Å². The number of hydrogen-bond donors (Lipinski definition) is 1. The van der Waals surface area contributed by atoms with Gasteiger partial charge in [0.15, 0.2) is 11.5 Å². The van der Waals surface area contributed by atoms with E-state index in [1.807, 2.05) is 28.3 Å². The Morgan fingerprint density at radius 1 is 1.31 bits per heavy atom. The van der Waals surface area contributed by atoms with Crippen molar-refractivity contribution in [2.75, 3.05) is 6.54 Å². The van der Waals surface area contributed by atoms with Crippen LogP contribution in [0.15, 0.2) is 76.5 Å². The van der Waals surface area contributed by atoms with E-state index in [0.717, 1.165) is 4.88 Å².